The first-order valence-electron chi connectivity index (χ1n) is 8.67. The van der Waals surface area contributed by atoms with Gasteiger partial charge in [0.05, 0.1) is 0 Å². The van der Waals surface area contributed by atoms with Gasteiger partial charge in [-0.2, -0.15) is 0 Å². The summed E-state index contributed by atoms with van der Waals surface area (Å²) in [6, 6.07) is 0. The molecule has 0 atom stereocenters. The number of nitrogens with one attached hydrogen (secondary N) is 2. The second-order valence-electron chi connectivity index (χ2n) is 7.22. The minimum Gasteiger partial charge on any atom is -0.443 e. The predicted octanol–water partition coefficient (Wildman–Crippen LogP) is 4.07. The van der Waals surface area contributed by atoms with Gasteiger partial charge in [0.2, 0.25) is 5.91 Å². The lowest BCUT2D eigenvalue weighted by Crippen LogP contribution is -2.46. The standard InChI is InChI=1S/C17H32N2O3/c1-17(2,3)22-16(21)19-18-15(20)14-12-10-8-6-4-5-7-9-11-13-14/h14H,4-13H2,1-3H3,(H,18,20)(H,19,21). The molecule has 1 rings (SSSR count). The van der Waals surface area contributed by atoms with Crippen LogP contribution in [0.3, 0.4) is 0 Å². The topological polar surface area (TPSA) is 67.4 Å². The maximum Gasteiger partial charge on any atom is 0.426 e. The van der Waals surface area contributed by atoms with Crippen LogP contribution in [0.5, 0.6) is 0 Å². The molecule has 0 bridgehead atoms. The fourth-order valence-electron chi connectivity index (χ4n) is 2.77. The second kappa shape index (κ2) is 9.70. The summed E-state index contributed by atoms with van der Waals surface area (Å²) in [4.78, 5) is 23.8. The van der Waals surface area contributed by atoms with Crippen molar-refractivity contribution in [2.24, 2.45) is 5.92 Å². The van der Waals surface area contributed by atoms with Gasteiger partial charge in [0, 0.05) is 5.92 Å². The van der Waals surface area contributed by atoms with Gasteiger partial charge in [-0.1, -0.05) is 51.4 Å². The Morgan fingerprint density at radius 1 is 0.818 bits per heavy atom. The quantitative estimate of drug-likeness (QED) is 0.717. The van der Waals surface area contributed by atoms with Crippen molar-refractivity contribution in [1.29, 1.82) is 0 Å². The van der Waals surface area contributed by atoms with Crippen molar-refractivity contribution < 1.29 is 14.3 Å². The van der Waals surface area contributed by atoms with E-state index in [1.165, 1.54) is 38.5 Å². The van der Waals surface area contributed by atoms with Gasteiger partial charge in [-0.3, -0.25) is 10.2 Å². The smallest absolute Gasteiger partial charge is 0.426 e. The first-order chi connectivity index (χ1) is 10.4. The van der Waals surface area contributed by atoms with Crippen LogP contribution in [-0.2, 0) is 9.53 Å². The largest absolute Gasteiger partial charge is 0.443 e. The highest BCUT2D eigenvalue weighted by molar-refractivity contribution is 5.81. The SMILES string of the molecule is CC(C)(C)OC(=O)NNC(=O)C1CCCCCCCCCC1. The highest BCUT2D eigenvalue weighted by atomic mass is 16.6. The van der Waals surface area contributed by atoms with Crippen LogP contribution in [0.1, 0.15) is 85.0 Å². The molecule has 5 nitrogen and oxygen atoms in total. The molecule has 2 amide bonds. The Kier molecular flexibility index (Phi) is 8.28. The molecule has 1 fully saturated rings. The third-order valence-corrected chi connectivity index (χ3v) is 3.91. The lowest BCUT2D eigenvalue weighted by atomic mass is 9.95. The average molecular weight is 312 g/mol. The number of carbonyl (C=O) groups excluding carboxylic acids is 2. The molecule has 1 aliphatic carbocycles. The minimum atomic E-state index is -0.613. The van der Waals surface area contributed by atoms with Crippen molar-refractivity contribution in [3.8, 4) is 0 Å². The highest BCUT2D eigenvalue weighted by Gasteiger charge is 2.20. The number of hydrogen-bond donors (Lipinski definition) is 2. The Morgan fingerprint density at radius 2 is 1.27 bits per heavy atom. The van der Waals surface area contributed by atoms with Crippen LogP contribution < -0.4 is 10.9 Å². The van der Waals surface area contributed by atoms with Crippen LogP contribution in [0.15, 0.2) is 0 Å². The summed E-state index contributed by atoms with van der Waals surface area (Å²) in [5.41, 5.74) is 4.30. The van der Waals surface area contributed by atoms with Crippen LogP contribution >= 0.6 is 0 Å². The van der Waals surface area contributed by atoms with Crippen molar-refractivity contribution in [3.05, 3.63) is 0 Å². The van der Waals surface area contributed by atoms with E-state index in [0.29, 0.717) is 0 Å². The van der Waals surface area contributed by atoms with Gasteiger partial charge in [0.15, 0.2) is 0 Å². The molecule has 0 heterocycles. The molecule has 0 aromatic carbocycles. The Labute approximate surface area is 134 Å². The van der Waals surface area contributed by atoms with E-state index < -0.39 is 11.7 Å². The fraction of sp³-hybridized carbons (Fsp3) is 0.882. The number of hydrazine groups is 1. The molecule has 128 valence electrons. The molecule has 0 saturated heterocycles. The Balaban J connectivity index is 2.37. The third kappa shape index (κ3) is 8.90. The molecule has 0 unspecified atom stereocenters. The van der Waals surface area contributed by atoms with E-state index in [0.717, 1.165) is 25.7 Å². The summed E-state index contributed by atoms with van der Waals surface area (Å²) in [7, 11) is 0. The van der Waals surface area contributed by atoms with Crippen molar-refractivity contribution >= 4 is 12.0 Å². The highest BCUT2D eigenvalue weighted by Crippen LogP contribution is 2.21. The van der Waals surface area contributed by atoms with Gasteiger partial charge in [0.1, 0.15) is 5.60 Å². The first kappa shape index (κ1) is 18.8. The van der Waals surface area contributed by atoms with E-state index in [9.17, 15) is 9.59 Å². The molecule has 5 heteroatoms. The van der Waals surface area contributed by atoms with Crippen molar-refractivity contribution in [2.45, 2.75) is 90.6 Å². The van der Waals surface area contributed by atoms with Gasteiger partial charge in [-0.05, 0) is 33.6 Å². The van der Waals surface area contributed by atoms with E-state index in [4.69, 9.17) is 4.74 Å². The number of hydrogen-bond acceptors (Lipinski definition) is 3. The summed E-state index contributed by atoms with van der Waals surface area (Å²) in [5, 5.41) is 0. The van der Waals surface area contributed by atoms with E-state index in [-0.39, 0.29) is 11.8 Å². The molecular weight excluding hydrogens is 280 g/mol. The summed E-state index contributed by atoms with van der Waals surface area (Å²) in [5.74, 6) is -0.0989. The maximum absolute atomic E-state index is 12.2. The predicted molar refractivity (Wildman–Crippen MR) is 87.2 cm³/mol. The molecule has 2 N–H and O–H groups in total. The number of ether oxygens (including phenoxy) is 1. The van der Waals surface area contributed by atoms with Gasteiger partial charge >= 0.3 is 6.09 Å². The summed E-state index contributed by atoms with van der Waals surface area (Å²) in [6.07, 6.45) is 10.9. The Hall–Kier alpha value is -1.26. The normalized spacial score (nSPS) is 18.9. The molecule has 22 heavy (non-hydrogen) atoms. The lowest BCUT2D eigenvalue weighted by Gasteiger charge is -2.21. The molecule has 0 aromatic heterocycles. The van der Waals surface area contributed by atoms with E-state index in [2.05, 4.69) is 10.9 Å². The summed E-state index contributed by atoms with van der Waals surface area (Å²) < 4.78 is 5.11. The zero-order valence-electron chi connectivity index (χ0n) is 14.4. The van der Waals surface area contributed by atoms with Crippen LogP contribution in [0.25, 0.3) is 0 Å². The Morgan fingerprint density at radius 3 is 1.73 bits per heavy atom. The average Bonchev–Trinajstić information content (AvgIpc) is 2.48. The molecule has 0 radical (unpaired) electrons. The van der Waals surface area contributed by atoms with E-state index >= 15 is 0 Å². The second-order valence-corrected chi connectivity index (χ2v) is 7.22. The molecular formula is C17H32N2O3. The molecule has 1 aliphatic rings. The molecule has 0 spiro atoms. The lowest BCUT2D eigenvalue weighted by molar-refractivity contribution is -0.126. The molecule has 0 aliphatic heterocycles. The van der Waals surface area contributed by atoms with Gasteiger partial charge in [-0.25, -0.2) is 10.2 Å². The zero-order chi connectivity index (χ0) is 16.4. The minimum absolute atomic E-state index is 0.00645. The maximum atomic E-state index is 12.2. The van der Waals surface area contributed by atoms with Gasteiger partial charge in [-0.15, -0.1) is 0 Å². The number of carbonyl (C=O) groups is 2. The van der Waals surface area contributed by atoms with E-state index in [1.807, 2.05) is 0 Å². The fourth-order valence-corrected chi connectivity index (χ4v) is 2.77. The van der Waals surface area contributed by atoms with Crippen LogP contribution in [0.4, 0.5) is 4.79 Å². The van der Waals surface area contributed by atoms with Crippen molar-refractivity contribution in [2.75, 3.05) is 0 Å². The monoisotopic (exact) mass is 312 g/mol. The van der Waals surface area contributed by atoms with Gasteiger partial charge < -0.3 is 4.74 Å². The first-order valence-corrected chi connectivity index (χ1v) is 8.67. The van der Waals surface area contributed by atoms with Crippen LogP contribution in [0, 0.1) is 5.92 Å². The number of rotatable bonds is 1. The zero-order valence-corrected chi connectivity index (χ0v) is 14.4. The van der Waals surface area contributed by atoms with Crippen LogP contribution in [-0.4, -0.2) is 17.6 Å². The van der Waals surface area contributed by atoms with Gasteiger partial charge in [0.25, 0.3) is 0 Å². The summed E-state index contributed by atoms with van der Waals surface area (Å²) >= 11 is 0. The van der Waals surface area contributed by atoms with E-state index in [1.54, 1.807) is 20.8 Å². The van der Waals surface area contributed by atoms with Crippen LogP contribution in [0.2, 0.25) is 0 Å². The number of amides is 2. The van der Waals surface area contributed by atoms with Crippen molar-refractivity contribution in [1.82, 2.24) is 10.9 Å². The van der Waals surface area contributed by atoms with Crippen molar-refractivity contribution in [3.63, 3.8) is 0 Å². The third-order valence-electron chi connectivity index (χ3n) is 3.91. The molecule has 1 saturated carbocycles. The summed E-state index contributed by atoms with van der Waals surface area (Å²) in [6.45, 7) is 5.37. The Bertz CT molecular complexity index is 338. The molecule has 0 aromatic rings.